The van der Waals surface area contributed by atoms with Crippen LogP contribution in [0.4, 0.5) is 4.79 Å². The van der Waals surface area contributed by atoms with Crippen molar-refractivity contribution in [2.75, 3.05) is 13.1 Å². The summed E-state index contributed by atoms with van der Waals surface area (Å²) in [7, 11) is 0. The number of H-pyrrole nitrogens is 1. The first-order chi connectivity index (χ1) is 11.0. The average Bonchev–Trinajstić information content (AvgIpc) is 2.96. The third-order valence-electron chi connectivity index (χ3n) is 3.82. The molecule has 0 saturated heterocycles. The highest BCUT2D eigenvalue weighted by atomic mass is 35.5. The molecule has 1 aliphatic heterocycles. The maximum atomic E-state index is 12.1. The van der Waals surface area contributed by atoms with E-state index < -0.39 is 6.03 Å². The molecular formula is C15H16ClN5O2. The first kappa shape index (κ1) is 15.4. The van der Waals surface area contributed by atoms with Gasteiger partial charge in [-0.05, 0) is 12.1 Å². The number of halogens is 1. The number of nitrogens with two attached hydrogens (primary N) is 1. The number of nitrogens with zero attached hydrogens (tertiary/aromatic N) is 2. The molecule has 8 heteroatoms. The monoisotopic (exact) mass is 333 g/mol. The van der Waals surface area contributed by atoms with Crippen molar-refractivity contribution in [3.8, 4) is 11.3 Å². The minimum absolute atomic E-state index is 0.0984. The number of amides is 3. The summed E-state index contributed by atoms with van der Waals surface area (Å²) < 4.78 is 0. The molecule has 4 N–H and O–H groups in total. The highest BCUT2D eigenvalue weighted by molar-refractivity contribution is 6.30. The molecule has 0 fully saturated rings. The number of aromatic amines is 1. The minimum Gasteiger partial charge on any atom is -0.352 e. The molecule has 0 bridgehead atoms. The van der Waals surface area contributed by atoms with E-state index in [1.54, 1.807) is 17.0 Å². The minimum atomic E-state index is -0.707. The van der Waals surface area contributed by atoms with Crippen molar-refractivity contribution in [2.24, 2.45) is 5.73 Å². The zero-order valence-electron chi connectivity index (χ0n) is 12.3. The van der Waals surface area contributed by atoms with E-state index in [1.165, 1.54) is 0 Å². The van der Waals surface area contributed by atoms with Gasteiger partial charge >= 0.3 is 6.03 Å². The Morgan fingerprint density at radius 3 is 2.78 bits per heavy atom. The topological polar surface area (TPSA) is 104 Å². The number of hydrogen-bond donors (Lipinski definition) is 3. The summed E-state index contributed by atoms with van der Waals surface area (Å²) in [6.07, 6.45) is 0.693. The van der Waals surface area contributed by atoms with Gasteiger partial charge in [-0.15, -0.1) is 0 Å². The molecule has 3 rings (SSSR count). The van der Waals surface area contributed by atoms with Crippen molar-refractivity contribution < 1.29 is 9.59 Å². The van der Waals surface area contributed by atoms with E-state index in [1.807, 2.05) is 12.1 Å². The van der Waals surface area contributed by atoms with Crippen molar-refractivity contribution in [1.82, 2.24) is 20.4 Å². The van der Waals surface area contributed by atoms with E-state index in [0.29, 0.717) is 24.5 Å². The van der Waals surface area contributed by atoms with Gasteiger partial charge in [0.25, 0.3) is 0 Å². The number of carbonyl (C=O) groups excluding carboxylic acids is 2. The standard InChI is InChI=1S/C15H16ClN5O2/c16-10-3-1-9(2-4-10)14-11-8-21(6-5-12(11)19-20-14)13(22)7-18-15(17)23/h1-4H,5-8H2,(H,19,20)(H3,17,18,23). The molecule has 1 aromatic carbocycles. The van der Waals surface area contributed by atoms with Crippen molar-refractivity contribution in [3.63, 3.8) is 0 Å². The fraction of sp³-hybridized carbons (Fsp3) is 0.267. The highest BCUT2D eigenvalue weighted by Crippen LogP contribution is 2.29. The Morgan fingerprint density at radius 1 is 1.35 bits per heavy atom. The molecule has 23 heavy (non-hydrogen) atoms. The van der Waals surface area contributed by atoms with Gasteiger partial charge < -0.3 is 16.0 Å². The number of hydrogen-bond acceptors (Lipinski definition) is 3. The Hall–Kier alpha value is -2.54. The number of benzene rings is 1. The number of urea groups is 1. The molecule has 7 nitrogen and oxygen atoms in total. The van der Waals surface area contributed by atoms with Crippen LogP contribution < -0.4 is 11.1 Å². The maximum Gasteiger partial charge on any atom is 0.312 e. The summed E-state index contributed by atoms with van der Waals surface area (Å²) in [6, 6.07) is 6.70. The Labute approximate surface area is 137 Å². The predicted octanol–water partition coefficient (Wildman–Crippen LogP) is 1.28. The second kappa shape index (κ2) is 6.29. The smallest absolute Gasteiger partial charge is 0.312 e. The zero-order chi connectivity index (χ0) is 16.4. The van der Waals surface area contributed by atoms with Gasteiger partial charge in [-0.2, -0.15) is 5.10 Å². The zero-order valence-corrected chi connectivity index (χ0v) is 13.1. The molecule has 0 saturated carbocycles. The second-order valence-electron chi connectivity index (χ2n) is 5.32. The van der Waals surface area contributed by atoms with E-state index in [2.05, 4.69) is 15.5 Å². The summed E-state index contributed by atoms with van der Waals surface area (Å²) in [4.78, 5) is 24.5. The van der Waals surface area contributed by atoms with Gasteiger partial charge in [0.1, 0.15) is 0 Å². The van der Waals surface area contributed by atoms with Gasteiger partial charge in [0.15, 0.2) is 0 Å². The molecule has 3 amide bonds. The normalized spacial score (nSPS) is 13.5. The van der Waals surface area contributed by atoms with E-state index >= 15 is 0 Å². The van der Waals surface area contributed by atoms with Crippen molar-refractivity contribution in [1.29, 1.82) is 0 Å². The van der Waals surface area contributed by atoms with Gasteiger partial charge in [0.05, 0.1) is 12.2 Å². The number of fused-ring (bicyclic) bond motifs is 1. The molecule has 1 aliphatic rings. The summed E-state index contributed by atoms with van der Waals surface area (Å²) in [5, 5.41) is 10.4. The fourth-order valence-electron chi connectivity index (χ4n) is 2.63. The molecule has 1 aromatic heterocycles. The van der Waals surface area contributed by atoms with Crippen molar-refractivity contribution in [2.45, 2.75) is 13.0 Å². The quantitative estimate of drug-likeness (QED) is 0.788. The van der Waals surface area contributed by atoms with Gasteiger partial charge in [0.2, 0.25) is 5.91 Å². The van der Waals surface area contributed by atoms with E-state index in [9.17, 15) is 9.59 Å². The molecule has 0 spiro atoms. The molecule has 0 unspecified atom stereocenters. The third kappa shape index (κ3) is 3.29. The molecule has 120 valence electrons. The van der Waals surface area contributed by atoms with Crippen LogP contribution in [-0.4, -0.2) is 40.1 Å². The van der Waals surface area contributed by atoms with Crippen LogP contribution in [0.2, 0.25) is 5.02 Å². The van der Waals surface area contributed by atoms with Crippen LogP contribution in [0, 0.1) is 0 Å². The van der Waals surface area contributed by atoms with Crippen molar-refractivity contribution in [3.05, 3.63) is 40.5 Å². The first-order valence-corrected chi connectivity index (χ1v) is 7.55. The van der Waals surface area contributed by atoms with E-state index in [0.717, 1.165) is 22.5 Å². The van der Waals surface area contributed by atoms with Crippen LogP contribution in [0.1, 0.15) is 11.3 Å². The Balaban J connectivity index is 1.80. The van der Waals surface area contributed by atoms with Gasteiger partial charge in [-0.3, -0.25) is 9.89 Å². The molecule has 0 radical (unpaired) electrons. The first-order valence-electron chi connectivity index (χ1n) is 7.17. The summed E-state index contributed by atoms with van der Waals surface area (Å²) in [6.45, 7) is 0.927. The Kier molecular flexibility index (Phi) is 4.20. The number of aromatic nitrogens is 2. The summed E-state index contributed by atoms with van der Waals surface area (Å²) >= 11 is 5.92. The fourth-order valence-corrected chi connectivity index (χ4v) is 2.75. The van der Waals surface area contributed by atoms with Crippen LogP contribution in [0.15, 0.2) is 24.3 Å². The van der Waals surface area contributed by atoms with Gasteiger partial charge in [-0.25, -0.2) is 4.79 Å². The van der Waals surface area contributed by atoms with Crippen molar-refractivity contribution >= 4 is 23.5 Å². The molecule has 2 aromatic rings. The largest absolute Gasteiger partial charge is 0.352 e. The Bertz CT molecular complexity index is 741. The van der Waals surface area contributed by atoms with Gasteiger partial charge in [0, 0.05) is 41.4 Å². The van der Waals surface area contributed by atoms with E-state index in [-0.39, 0.29) is 12.5 Å². The predicted molar refractivity (Wildman–Crippen MR) is 85.7 cm³/mol. The van der Waals surface area contributed by atoms with Crippen LogP contribution in [0.5, 0.6) is 0 Å². The summed E-state index contributed by atoms with van der Waals surface area (Å²) in [5.41, 5.74) is 8.78. The maximum absolute atomic E-state index is 12.1. The lowest BCUT2D eigenvalue weighted by molar-refractivity contribution is -0.130. The van der Waals surface area contributed by atoms with E-state index in [4.69, 9.17) is 17.3 Å². The number of rotatable bonds is 3. The number of carbonyl (C=O) groups is 2. The second-order valence-corrected chi connectivity index (χ2v) is 5.76. The molecule has 2 heterocycles. The van der Waals surface area contributed by atoms with Crippen LogP contribution in [-0.2, 0) is 17.8 Å². The molecular weight excluding hydrogens is 318 g/mol. The highest BCUT2D eigenvalue weighted by Gasteiger charge is 2.25. The van der Waals surface area contributed by atoms with Crippen LogP contribution in [0.25, 0.3) is 11.3 Å². The Morgan fingerprint density at radius 2 is 2.09 bits per heavy atom. The molecule has 0 atom stereocenters. The third-order valence-corrected chi connectivity index (χ3v) is 4.07. The van der Waals surface area contributed by atoms with Crippen LogP contribution >= 0.6 is 11.6 Å². The van der Waals surface area contributed by atoms with Gasteiger partial charge in [-0.1, -0.05) is 23.7 Å². The summed E-state index contributed by atoms with van der Waals surface area (Å²) in [5.74, 6) is -0.169. The lowest BCUT2D eigenvalue weighted by atomic mass is 10.0. The van der Waals surface area contributed by atoms with Crippen LogP contribution in [0.3, 0.4) is 0 Å². The molecule has 0 aliphatic carbocycles. The lowest BCUT2D eigenvalue weighted by Gasteiger charge is -2.27. The number of nitrogens with one attached hydrogen (secondary N) is 2. The number of primary amides is 1. The SMILES string of the molecule is NC(=O)NCC(=O)N1CCc2[nH]nc(-c3ccc(Cl)cc3)c2C1. The average molecular weight is 334 g/mol. The lowest BCUT2D eigenvalue weighted by Crippen LogP contribution is -2.43.